The van der Waals surface area contributed by atoms with Crippen molar-refractivity contribution in [2.45, 2.75) is 0 Å². The van der Waals surface area contributed by atoms with Crippen molar-refractivity contribution >= 4 is 17.1 Å². The molecule has 0 aliphatic heterocycles. The molecule has 76 valence electrons. The van der Waals surface area contributed by atoms with Crippen LogP contribution < -0.4 is 0 Å². The fraction of sp³-hybridized carbons (Fsp3) is 0. The van der Waals surface area contributed by atoms with Crippen molar-refractivity contribution in [3.63, 3.8) is 0 Å². The zero-order chi connectivity index (χ0) is 10.8. The number of hydrogen-bond acceptors (Lipinski definition) is 4. The van der Waals surface area contributed by atoms with E-state index in [1.54, 1.807) is 17.5 Å². The number of phenolic OH excluding ortho intramolecular Hbond substituents is 2. The Kier molecular flexibility index (Phi) is 2.43. The Morgan fingerprint density at radius 2 is 2.00 bits per heavy atom. The summed E-state index contributed by atoms with van der Waals surface area (Å²) in [7, 11) is 0. The standard InChI is InChI=1S/C11H8O3S/c12-7-3-4-8(9(13)6-7)11(14)10-2-1-5-15-10/h1-6,12-13H. The van der Waals surface area contributed by atoms with E-state index in [9.17, 15) is 9.90 Å². The summed E-state index contributed by atoms with van der Waals surface area (Å²) in [6, 6.07) is 7.41. The Bertz CT molecular complexity index is 489. The minimum atomic E-state index is -0.234. The molecule has 0 aliphatic carbocycles. The number of ketones is 1. The first kappa shape index (κ1) is 9.73. The molecule has 1 aromatic carbocycles. The summed E-state index contributed by atoms with van der Waals surface area (Å²) in [4.78, 5) is 12.4. The van der Waals surface area contributed by atoms with Gasteiger partial charge in [0.1, 0.15) is 11.5 Å². The van der Waals surface area contributed by atoms with E-state index in [1.807, 2.05) is 0 Å². The summed E-state index contributed by atoms with van der Waals surface area (Å²) < 4.78 is 0. The van der Waals surface area contributed by atoms with Gasteiger partial charge in [0.05, 0.1) is 10.4 Å². The van der Waals surface area contributed by atoms with Gasteiger partial charge in [-0.05, 0) is 23.6 Å². The lowest BCUT2D eigenvalue weighted by molar-refractivity contribution is 0.104. The van der Waals surface area contributed by atoms with Gasteiger partial charge in [0.25, 0.3) is 0 Å². The molecule has 0 amide bonds. The molecule has 0 saturated heterocycles. The van der Waals surface area contributed by atoms with Crippen LogP contribution in [0.5, 0.6) is 11.5 Å². The zero-order valence-corrected chi connectivity index (χ0v) is 8.49. The Morgan fingerprint density at radius 1 is 1.20 bits per heavy atom. The highest BCUT2D eigenvalue weighted by Crippen LogP contribution is 2.26. The van der Waals surface area contributed by atoms with E-state index in [4.69, 9.17) is 5.11 Å². The normalized spacial score (nSPS) is 10.1. The van der Waals surface area contributed by atoms with Gasteiger partial charge in [-0.3, -0.25) is 4.79 Å². The molecule has 15 heavy (non-hydrogen) atoms. The molecule has 2 N–H and O–H groups in total. The molecular weight excluding hydrogens is 212 g/mol. The molecule has 1 heterocycles. The van der Waals surface area contributed by atoms with Crippen LogP contribution >= 0.6 is 11.3 Å². The topological polar surface area (TPSA) is 57.5 Å². The maximum atomic E-state index is 11.8. The lowest BCUT2D eigenvalue weighted by atomic mass is 10.1. The fourth-order valence-corrected chi connectivity index (χ4v) is 1.93. The third-order valence-electron chi connectivity index (χ3n) is 1.97. The van der Waals surface area contributed by atoms with Gasteiger partial charge in [0.2, 0.25) is 5.78 Å². The zero-order valence-electron chi connectivity index (χ0n) is 7.68. The van der Waals surface area contributed by atoms with E-state index in [0.29, 0.717) is 4.88 Å². The number of phenols is 2. The molecule has 0 aliphatic rings. The van der Waals surface area contributed by atoms with E-state index in [1.165, 1.54) is 23.5 Å². The minimum absolute atomic E-state index is 0.0600. The first-order valence-electron chi connectivity index (χ1n) is 4.28. The average Bonchev–Trinajstić information content (AvgIpc) is 2.69. The Morgan fingerprint density at radius 3 is 2.60 bits per heavy atom. The molecule has 1 aromatic heterocycles. The number of carbonyl (C=O) groups is 1. The summed E-state index contributed by atoms with van der Waals surface area (Å²) >= 11 is 1.32. The number of hydrogen-bond donors (Lipinski definition) is 2. The second-order valence-corrected chi connectivity index (χ2v) is 3.96. The Balaban J connectivity index is 2.42. The molecule has 0 unspecified atom stereocenters. The Labute approximate surface area is 90.2 Å². The number of carbonyl (C=O) groups excluding carboxylic acids is 1. The van der Waals surface area contributed by atoms with Crippen LogP contribution in [-0.2, 0) is 0 Å². The second-order valence-electron chi connectivity index (χ2n) is 3.01. The van der Waals surface area contributed by atoms with Crippen molar-refractivity contribution in [2.75, 3.05) is 0 Å². The van der Waals surface area contributed by atoms with Crippen LogP contribution in [0.1, 0.15) is 15.2 Å². The summed E-state index contributed by atoms with van der Waals surface area (Å²) in [6.45, 7) is 0. The molecular formula is C11H8O3S. The average molecular weight is 220 g/mol. The van der Waals surface area contributed by atoms with Crippen molar-refractivity contribution in [3.8, 4) is 11.5 Å². The van der Waals surface area contributed by atoms with Crippen molar-refractivity contribution < 1.29 is 15.0 Å². The van der Waals surface area contributed by atoms with Crippen LogP contribution in [0.15, 0.2) is 35.7 Å². The predicted molar refractivity (Wildman–Crippen MR) is 57.5 cm³/mol. The molecule has 0 saturated carbocycles. The summed E-state index contributed by atoms with van der Waals surface area (Å²) in [5, 5.41) is 20.4. The number of thiophene rings is 1. The molecule has 0 fully saturated rings. The largest absolute Gasteiger partial charge is 0.508 e. The molecule has 0 atom stereocenters. The summed E-state index contributed by atoms with van der Waals surface area (Å²) in [5.41, 5.74) is 0.204. The minimum Gasteiger partial charge on any atom is -0.508 e. The highest BCUT2D eigenvalue weighted by atomic mass is 32.1. The molecule has 3 nitrogen and oxygen atoms in total. The maximum Gasteiger partial charge on any atom is 0.206 e. The molecule has 0 radical (unpaired) electrons. The van der Waals surface area contributed by atoms with Gasteiger partial charge in [0.15, 0.2) is 0 Å². The monoisotopic (exact) mass is 220 g/mol. The molecule has 0 spiro atoms. The summed E-state index contributed by atoms with van der Waals surface area (Å²) in [6.07, 6.45) is 0. The van der Waals surface area contributed by atoms with Crippen molar-refractivity contribution in [1.82, 2.24) is 0 Å². The van der Waals surface area contributed by atoms with Crippen molar-refractivity contribution in [3.05, 3.63) is 46.2 Å². The SMILES string of the molecule is O=C(c1cccs1)c1ccc(O)cc1O. The van der Waals surface area contributed by atoms with Gasteiger partial charge >= 0.3 is 0 Å². The predicted octanol–water partition coefficient (Wildman–Crippen LogP) is 2.39. The Hall–Kier alpha value is -1.81. The lowest BCUT2D eigenvalue weighted by Gasteiger charge is -2.02. The van der Waals surface area contributed by atoms with E-state index in [0.717, 1.165) is 6.07 Å². The van der Waals surface area contributed by atoms with Gasteiger partial charge in [-0.1, -0.05) is 6.07 Å². The van der Waals surface area contributed by atoms with E-state index in [2.05, 4.69) is 0 Å². The molecule has 0 bridgehead atoms. The van der Waals surface area contributed by atoms with Crippen LogP contribution in [0.2, 0.25) is 0 Å². The fourth-order valence-electron chi connectivity index (χ4n) is 1.25. The molecule has 2 rings (SSSR count). The first-order valence-corrected chi connectivity index (χ1v) is 5.16. The number of benzene rings is 1. The van der Waals surface area contributed by atoms with Gasteiger partial charge in [-0.25, -0.2) is 0 Å². The highest BCUT2D eigenvalue weighted by molar-refractivity contribution is 7.12. The molecule has 2 aromatic rings. The van der Waals surface area contributed by atoms with Crippen LogP contribution in [0.4, 0.5) is 0 Å². The van der Waals surface area contributed by atoms with Crippen LogP contribution in [0.25, 0.3) is 0 Å². The quantitative estimate of drug-likeness (QED) is 0.764. The van der Waals surface area contributed by atoms with E-state index >= 15 is 0 Å². The van der Waals surface area contributed by atoms with E-state index < -0.39 is 0 Å². The molecule has 4 heteroatoms. The maximum absolute atomic E-state index is 11.8. The first-order chi connectivity index (χ1) is 7.18. The number of rotatable bonds is 2. The van der Waals surface area contributed by atoms with Crippen LogP contribution in [0.3, 0.4) is 0 Å². The van der Waals surface area contributed by atoms with Gasteiger partial charge < -0.3 is 10.2 Å². The highest BCUT2D eigenvalue weighted by Gasteiger charge is 2.14. The van der Waals surface area contributed by atoms with Gasteiger partial charge in [-0.15, -0.1) is 11.3 Å². The third kappa shape index (κ3) is 1.85. The lowest BCUT2D eigenvalue weighted by Crippen LogP contribution is -1.98. The van der Waals surface area contributed by atoms with E-state index in [-0.39, 0.29) is 22.8 Å². The van der Waals surface area contributed by atoms with Crippen molar-refractivity contribution in [2.24, 2.45) is 0 Å². The second kappa shape index (κ2) is 3.74. The summed E-state index contributed by atoms with van der Waals surface area (Å²) in [5.74, 6) is -0.494. The smallest absolute Gasteiger partial charge is 0.206 e. The third-order valence-corrected chi connectivity index (χ3v) is 2.84. The van der Waals surface area contributed by atoms with Crippen LogP contribution in [-0.4, -0.2) is 16.0 Å². The number of aromatic hydroxyl groups is 2. The van der Waals surface area contributed by atoms with Crippen molar-refractivity contribution in [1.29, 1.82) is 0 Å². The van der Waals surface area contributed by atoms with Gasteiger partial charge in [0, 0.05) is 6.07 Å². The van der Waals surface area contributed by atoms with Crippen LogP contribution in [0, 0.1) is 0 Å². The van der Waals surface area contributed by atoms with Gasteiger partial charge in [-0.2, -0.15) is 0 Å².